The molecule has 0 amide bonds. The Bertz CT molecular complexity index is 658. The van der Waals surface area contributed by atoms with Gasteiger partial charge in [0.1, 0.15) is 17.2 Å². The van der Waals surface area contributed by atoms with Crippen molar-refractivity contribution in [3.05, 3.63) is 12.1 Å². The smallest absolute Gasteiger partial charge is 0.250 e. The van der Waals surface area contributed by atoms with Gasteiger partial charge < -0.3 is 19.9 Å². The maximum Gasteiger partial charge on any atom is 0.250 e. The number of halogens is 1. The van der Waals surface area contributed by atoms with E-state index in [9.17, 15) is 8.42 Å². The first kappa shape index (κ1) is 21.8. The third-order valence-corrected chi connectivity index (χ3v) is 6.53. The van der Waals surface area contributed by atoms with Crippen molar-refractivity contribution in [2.75, 3.05) is 34.4 Å². The van der Waals surface area contributed by atoms with Crippen LogP contribution in [0.4, 0.5) is 0 Å². The lowest BCUT2D eigenvalue weighted by molar-refractivity contribution is 0.191. The molecule has 2 rings (SSSR count). The Morgan fingerprint density at radius 3 is 2.16 bits per heavy atom. The Balaban J connectivity index is 0.00000312. The fraction of sp³-hybridized carbons (Fsp3) is 0.625. The Kier molecular flexibility index (Phi) is 7.80. The molecule has 2 atom stereocenters. The van der Waals surface area contributed by atoms with E-state index in [-0.39, 0.29) is 47.3 Å². The summed E-state index contributed by atoms with van der Waals surface area (Å²) < 4.78 is 43.9. The van der Waals surface area contributed by atoms with Crippen LogP contribution < -0.4 is 19.9 Å². The van der Waals surface area contributed by atoms with Gasteiger partial charge in [0.25, 0.3) is 10.0 Å². The van der Waals surface area contributed by atoms with Crippen molar-refractivity contribution in [1.29, 1.82) is 0 Å². The quantitative estimate of drug-likeness (QED) is 0.792. The molecule has 0 bridgehead atoms. The average molecular weight is 395 g/mol. The van der Waals surface area contributed by atoms with Crippen molar-refractivity contribution < 1.29 is 22.6 Å². The molecule has 1 aliphatic heterocycles. The summed E-state index contributed by atoms with van der Waals surface area (Å²) in [6.07, 6.45) is 1.77. The molecule has 0 aromatic heterocycles. The van der Waals surface area contributed by atoms with Crippen LogP contribution in [-0.4, -0.2) is 53.2 Å². The van der Waals surface area contributed by atoms with E-state index in [0.29, 0.717) is 12.3 Å². The van der Waals surface area contributed by atoms with Gasteiger partial charge in [0.2, 0.25) is 0 Å². The topological polar surface area (TPSA) is 91.1 Å². The van der Waals surface area contributed by atoms with E-state index in [1.807, 2.05) is 6.92 Å². The van der Waals surface area contributed by atoms with E-state index in [1.165, 1.54) is 25.6 Å². The fourth-order valence-electron chi connectivity index (χ4n) is 3.20. The van der Waals surface area contributed by atoms with E-state index in [2.05, 4.69) is 0 Å². The zero-order valence-corrected chi connectivity index (χ0v) is 16.7. The predicted octanol–water partition coefficient (Wildman–Crippen LogP) is 1.88. The lowest BCUT2D eigenvalue weighted by Crippen LogP contribution is -2.51. The molecule has 7 nitrogen and oxygen atoms in total. The van der Waals surface area contributed by atoms with E-state index in [1.54, 1.807) is 12.1 Å². The molecule has 1 heterocycles. The van der Waals surface area contributed by atoms with Crippen LogP contribution in [0.15, 0.2) is 17.0 Å². The van der Waals surface area contributed by atoms with Crippen LogP contribution >= 0.6 is 12.4 Å². The Labute approximate surface area is 155 Å². The molecule has 144 valence electrons. The molecular weight excluding hydrogens is 368 g/mol. The van der Waals surface area contributed by atoms with Crippen LogP contribution in [0.2, 0.25) is 0 Å². The summed E-state index contributed by atoms with van der Waals surface area (Å²) in [5.41, 5.74) is 5.86. The van der Waals surface area contributed by atoms with Crippen LogP contribution in [0.3, 0.4) is 0 Å². The Morgan fingerprint density at radius 1 is 1.16 bits per heavy atom. The summed E-state index contributed by atoms with van der Waals surface area (Å²) in [6.45, 7) is 2.75. The number of hydrogen-bond donors (Lipinski definition) is 1. The van der Waals surface area contributed by atoms with Gasteiger partial charge >= 0.3 is 0 Å². The SMILES string of the molecule is COc1cc(OC)c(S(=O)(=O)N2CCCC(C)C2CN)c(OC)c1.Cl. The fourth-order valence-corrected chi connectivity index (χ4v) is 5.25. The van der Waals surface area contributed by atoms with Gasteiger partial charge in [-0.1, -0.05) is 6.92 Å². The largest absolute Gasteiger partial charge is 0.496 e. The molecule has 0 spiro atoms. The van der Waals surface area contributed by atoms with Crippen molar-refractivity contribution in [3.8, 4) is 17.2 Å². The highest BCUT2D eigenvalue weighted by Gasteiger charge is 2.39. The van der Waals surface area contributed by atoms with Gasteiger partial charge in [-0.3, -0.25) is 0 Å². The van der Waals surface area contributed by atoms with Gasteiger partial charge in [0.05, 0.1) is 21.3 Å². The molecule has 2 unspecified atom stereocenters. The molecule has 1 aromatic rings. The highest BCUT2D eigenvalue weighted by molar-refractivity contribution is 7.89. The van der Waals surface area contributed by atoms with Gasteiger partial charge in [0.15, 0.2) is 4.90 Å². The minimum Gasteiger partial charge on any atom is -0.496 e. The first-order chi connectivity index (χ1) is 11.4. The summed E-state index contributed by atoms with van der Waals surface area (Å²) in [4.78, 5) is 0.0147. The van der Waals surface area contributed by atoms with Gasteiger partial charge in [0, 0.05) is 31.3 Å². The first-order valence-corrected chi connectivity index (χ1v) is 9.36. The predicted molar refractivity (Wildman–Crippen MR) is 98.5 cm³/mol. The van der Waals surface area contributed by atoms with E-state index < -0.39 is 10.0 Å². The van der Waals surface area contributed by atoms with Crippen LogP contribution in [-0.2, 0) is 10.0 Å². The standard InChI is InChI=1S/C16H26N2O5S.ClH/c1-11-6-5-7-18(13(11)10-17)24(19,20)16-14(22-3)8-12(21-2)9-15(16)23-4;/h8-9,11,13H,5-7,10,17H2,1-4H3;1H. The number of nitrogens with two attached hydrogens (primary N) is 1. The molecular formula is C16H27ClN2O5S. The highest BCUT2D eigenvalue weighted by atomic mass is 35.5. The number of hydrogen-bond acceptors (Lipinski definition) is 6. The van der Waals surface area contributed by atoms with Crippen molar-refractivity contribution in [2.45, 2.75) is 30.7 Å². The maximum atomic E-state index is 13.3. The third-order valence-electron chi connectivity index (χ3n) is 4.54. The summed E-state index contributed by atoms with van der Waals surface area (Å²) in [5.74, 6) is 1.05. The minimum absolute atomic E-state index is 0. The van der Waals surface area contributed by atoms with Crippen LogP contribution in [0.5, 0.6) is 17.2 Å². The third kappa shape index (κ3) is 4.13. The molecule has 1 saturated heterocycles. The molecule has 1 fully saturated rings. The molecule has 0 saturated carbocycles. The van der Waals surface area contributed by atoms with E-state index >= 15 is 0 Å². The first-order valence-electron chi connectivity index (χ1n) is 7.92. The van der Waals surface area contributed by atoms with Gasteiger partial charge in [-0.15, -0.1) is 12.4 Å². The van der Waals surface area contributed by atoms with E-state index in [4.69, 9.17) is 19.9 Å². The van der Waals surface area contributed by atoms with Crippen molar-refractivity contribution in [2.24, 2.45) is 11.7 Å². The summed E-state index contributed by atoms with van der Waals surface area (Å²) in [7, 11) is 0.526. The normalized spacial score (nSPS) is 21.3. The number of rotatable bonds is 6. The van der Waals surface area contributed by atoms with Crippen LogP contribution in [0.25, 0.3) is 0 Å². The van der Waals surface area contributed by atoms with Crippen molar-refractivity contribution in [1.82, 2.24) is 4.31 Å². The zero-order chi connectivity index (χ0) is 17.9. The Morgan fingerprint density at radius 2 is 1.72 bits per heavy atom. The number of methoxy groups -OCH3 is 3. The summed E-state index contributed by atoms with van der Waals surface area (Å²) >= 11 is 0. The molecule has 9 heteroatoms. The van der Waals surface area contributed by atoms with E-state index in [0.717, 1.165) is 12.8 Å². The number of sulfonamides is 1. The van der Waals surface area contributed by atoms with Crippen molar-refractivity contribution in [3.63, 3.8) is 0 Å². The second kappa shape index (κ2) is 8.93. The maximum absolute atomic E-state index is 13.3. The van der Waals surface area contributed by atoms with Crippen LogP contribution in [0.1, 0.15) is 19.8 Å². The Hall–Kier alpha value is -1.22. The molecule has 0 radical (unpaired) electrons. The molecule has 25 heavy (non-hydrogen) atoms. The number of nitrogens with zero attached hydrogens (tertiary/aromatic N) is 1. The summed E-state index contributed by atoms with van der Waals surface area (Å²) in [5, 5.41) is 0. The molecule has 2 N–H and O–H groups in total. The minimum atomic E-state index is -3.82. The van der Waals surface area contributed by atoms with Crippen molar-refractivity contribution >= 4 is 22.4 Å². The average Bonchev–Trinajstić information content (AvgIpc) is 2.59. The molecule has 1 aromatic carbocycles. The lowest BCUT2D eigenvalue weighted by Gasteiger charge is -2.38. The lowest BCUT2D eigenvalue weighted by atomic mass is 9.93. The van der Waals surface area contributed by atoms with Crippen LogP contribution in [0, 0.1) is 5.92 Å². The highest BCUT2D eigenvalue weighted by Crippen LogP contribution is 2.41. The summed E-state index contributed by atoms with van der Waals surface area (Å²) in [6, 6.07) is 2.85. The number of piperidine rings is 1. The molecule has 1 aliphatic rings. The zero-order valence-electron chi connectivity index (χ0n) is 15.0. The number of ether oxygens (including phenoxy) is 3. The molecule has 0 aliphatic carbocycles. The monoisotopic (exact) mass is 394 g/mol. The van der Waals surface area contributed by atoms with Gasteiger partial charge in [-0.05, 0) is 18.8 Å². The van der Waals surface area contributed by atoms with Gasteiger partial charge in [-0.2, -0.15) is 4.31 Å². The second-order valence-electron chi connectivity index (χ2n) is 5.90. The second-order valence-corrected chi connectivity index (χ2v) is 7.73. The van der Waals surface area contributed by atoms with Gasteiger partial charge in [-0.25, -0.2) is 8.42 Å². The number of benzene rings is 1.